The summed E-state index contributed by atoms with van der Waals surface area (Å²) in [5.41, 5.74) is 10.3. The lowest BCUT2D eigenvalue weighted by Gasteiger charge is -2.19. The van der Waals surface area contributed by atoms with Crippen LogP contribution in [0.1, 0.15) is 23.6 Å². The summed E-state index contributed by atoms with van der Waals surface area (Å²) in [4.78, 5) is 0. The number of hydrogen-bond donors (Lipinski definition) is 0. The first-order chi connectivity index (χ1) is 32.1. The molecule has 12 rings (SSSR count). The molecule has 0 fully saturated rings. The standard InChI is InChI=1S/C58H34N6S/c1-3-14-37(15-4-2)62-48-22-9-5-17-39(48)43-28-29-51-55(58(43)62)44-20-7-11-24-50(44)63(51)57-36(33-60)26-27-38(47(57)34-61)42-21-13-16-35(32-59)56(42)64-49-23-10-6-18-40(49)45-31-54-46(30-52(45)64)41-19-8-12-25-53(41)65-54/h3-31H,1H2,2H3/b15-4-,37-14+. The van der Waals surface area contributed by atoms with Crippen LogP contribution in [0.5, 0.6) is 0 Å². The van der Waals surface area contributed by atoms with Crippen molar-refractivity contribution in [2.24, 2.45) is 0 Å². The van der Waals surface area contributed by atoms with Crippen molar-refractivity contribution in [2.45, 2.75) is 6.92 Å². The lowest BCUT2D eigenvalue weighted by molar-refractivity contribution is 1.15. The molecule has 6 nitrogen and oxygen atoms in total. The van der Waals surface area contributed by atoms with Crippen LogP contribution in [0.3, 0.4) is 0 Å². The molecule has 302 valence electrons. The molecule has 12 aromatic rings. The van der Waals surface area contributed by atoms with Gasteiger partial charge in [-0.05, 0) is 73.7 Å². The van der Waals surface area contributed by atoms with Crippen LogP contribution in [0, 0.1) is 34.0 Å². The predicted molar refractivity (Wildman–Crippen MR) is 270 cm³/mol. The minimum absolute atomic E-state index is 0.330. The smallest absolute Gasteiger partial charge is 0.102 e. The second kappa shape index (κ2) is 14.6. The molecule has 0 saturated carbocycles. The van der Waals surface area contributed by atoms with Gasteiger partial charge in [0.2, 0.25) is 0 Å². The molecule has 4 aromatic heterocycles. The molecule has 0 spiro atoms. The van der Waals surface area contributed by atoms with Crippen LogP contribution < -0.4 is 0 Å². The first-order valence-electron chi connectivity index (χ1n) is 21.4. The van der Waals surface area contributed by atoms with Gasteiger partial charge < -0.3 is 13.7 Å². The van der Waals surface area contributed by atoms with E-state index in [0.29, 0.717) is 39.2 Å². The zero-order chi connectivity index (χ0) is 43.9. The molecule has 0 atom stereocenters. The van der Waals surface area contributed by atoms with E-state index in [1.54, 1.807) is 11.3 Å². The van der Waals surface area contributed by atoms with Crippen molar-refractivity contribution in [1.29, 1.82) is 15.8 Å². The number of benzene rings is 8. The first-order valence-corrected chi connectivity index (χ1v) is 22.2. The number of nitrogens with zero attached hydrogens (tertiary/aromatic N) is 6. The number of hydrogen-bond acceptors (Lipinski definition) is 4. The Morgan fingerprint density at radius 3 is 1.92 bits per heavy atom. The van der Waals surface area contributed by atoms with E-state index in [1.165, 1.54) is 14.8 Å². The quantitative estimate of drug-likeness (QED) is 0.156. The van der Waals surface area contributed by atoms with Gasteiger partial charge in [0, 0.05) is 69.3 Å². The number of rotatable bonds is 6. The Morgan fingerprint density at radius 1 is 0.523 bits per heavy atom. The normalized spacial score (nSPS) is 12.1. The van der Waals surface area contributed by atoms with Crippen LogP contribution in [0.25, 0.3) is 114 Å². The van der Waals surface area contributed by atoms with E-state index in [0.717, 1.165) is 76.5 Å². The maximum absolute atomic E-state index is 11.5. The van der Waals surface area contributed by atoms with Crippen LogP contribution in [0.4, 0.5) is 0 Å². The summed E-state index contributed by atoms with van der Waals surface area (Å²) in [6.45, 7) is 6.07. The molecule has 0 saturated heterocycles. The highest BCUT2D eigenvalue weighted by Crippen LogP contribution is 2.46. The summed E-state index contributed by atoms with van der Waals surface area (Å²) in [5, 5.41) is 42.1. The van der Waals surface area contributed by atoms with Gasteiger partial charge in [-0.15, -0.1) is 11.3 Å². The van der Waals surface area contributed by atoms with Crippen molar-refractivity contribution in [2.75, 3.05) is 0 Å². The average molecular weight is 847 g/mol. The van der Waals surface area contributed by atoms with Crippen molar-refractivity contribution >= 4 is 103 Å². The lowest BCUT2D eigenvalue weighted by Crippen LogP contribution is -2.06. The number of aromatic nitrogens is 3. The molecule has 4 heterocycles. The largest absolute Gasteiger partial charge is 0.309 e. The summed E-state index contributed by atoms with van der Waals surface area (Å²) >= 11 is 1.78. The van der Waals surface area contributed by atoms with Crippen molar-refractivity contribution in [1.82, 2.24) is 13.7 Å². The fourth-order valence-electron chi connectivity index (χ4n) is 10.3. The fourth-order valence-corrected chi connectivity index (χ4v) is 11.4. The van der Waals surface area contributed by atoms with E-state index in [1.807, 2.05) is 73.7 Å². The third kappa shape index (κ3) is 5.30. The maximum atomic E-state index is 11.5. The number of para-hydroxylation sites is 4. The van der Waals surface area contributed by atoms with Crippen molar-refractivity contribution in [3.63, 3.8) is 0 Å². The molecule has 0 bridgehead atoms. The Labute approximate surface area is 377 Å². The van der Waals surface area contributed by atoms with Gasteiger partial charge in [-0.3, -0.25) is 0 Å². The number of thiophene rings is 1. The number of allylic oxidation sites excluding steroid dienone is 5. The van der Waals surface area contributed by atoms with Crippen molar-refractivity contribution in [3.8, 4) is 40.7 Å². The van der Waals surface area contributed by atoms with Crippen molar-refractivity contribution in [3.05, 3.63) is 199 Å². The predicted octanol–water partition coefficient (Wildman–Crippen LogP) is 15.2. The Morgan fingerprint density at radius 2 is 1.18 bits per heavy atom. The van der Waals surface area contributed by atoms with E-state index < -0.39 is 0 Å². The maximum Gasteiger partial charge on any atom is 0.102 e. The monoisotopic (exact) mass is 846 g/mol. The van der Waals surface area contributed by atoms with Crippen LogP contribution in [0.15, 0.2) is 183 Å². The lowest BCUT2D eigenvalue weighted by atomic mass is 9.93. The molecule has 0 amide bonds. The molecule has 0 radical (unpaired) electrons. The van der Waals surface area contributed by atoms with Gasteiger partial charge in [0.05, 0.1) is 61.2 Å². The Kier molecular flexibility index (Phi) is 8.48. The van der Waals surface area contributed by atoms with Gasteiger partial charge in [-0.2, -0.15) is 15.8 Å². The van der Waals surface area contributed by atoms with Gasteiger partial charge in [-0.1, -0.05) is 116 Å². The van der Waals surface area contributed by atoms with Gasteiger partial charge in [-0.25, -0.2) is 0 Å². The third-order valence-electron chi connectivity index (χ3n) is 12.8. The van der Waals surface area contributed by atoms with Gasteiger partial charge >= 0.3 is 0 Å². The molecule has 0 N–H and O–H groups in total. The highest BCUT2D eigenvalue weighted by molar-refractivity contribution is 7.25. The van der Waals surface area contributed by atoms with Crippen LogP contribution in [-0.4, -0.2) is 13.7 Å². The van der Waals surface area contributed by atoms with E-state index in [9.17, 15) is 15.8 Å². The minimum Gasteiger partial charge on any atom is -0.309 e. The highest BCUT2D eigenvalue weighted by Gasteiger charge is 2.27. The molecule has 0 aliphatic rings. The second-order valence-corrected chi connectivity index (χ2v) is 17.2. The van der Waals surface area contributed by atoms with E-state index in [2.05, 4.69) is 148 Å². The van der Waals surface area contributed by atoms with Crippen LogP contribution in [0.2, 0.25) is 0 Å². The highest BCUT2D eigenvalue weighted by atomic mass is 32.1. The Balaban J connectivity index is 1.20. The summed E-state index contributed by atoms with van der Waals surface area (Å²) in [6.07, 6.45) is 7.95. The fraction of sp³-hybridized carbons (Fsp3) is 0.0172. The molecular formula is C58H34N6S. The number of nitriles is 3. The SMILES string of the molecule is C=C/C=C(\C=C/C)n1c2ccccc2c2ccc3c(c4ccccc4n3-c3c(C#N)ccc(-c4cccc(C#N)c4-n4c5ccccc5c5cc6sc7ccccc7c6cc54)c3C#N)c21. The van der Waals surface area contributed by atoms with Gasteiger partial charge in [0.25, 0.3) is 0 Å². The number of fused-ring (bicyclic) bond motifs is 13. The summed E-state index contributed by atoms with van der Waals surface area (Å²) in [7, 11) is 0. The van der Waals surface area contributed by atoms with E-state index >= 15 is 0 Å². The first kappa shape index (κ1) is 37.8. The molecular weight excluding hydrogens is 813 g/mol. The third-order valence-corrected chi connectivity index (χ3v) is 14.0. The van der Waals surface area contributed by atoms with E-state index in [-0.39, 0.29) is 0 Å². The Hall–Kier alpha value is -8.93. The van der Waals surface area contributed by atoms with Gasteiger partial charge in [0.1, 0.15) is 18.2 Å². The van der Waals surface area contributed by atoms with Crippen molar-refractivity contribution < 1.29 is 0 Å². The van der Waals surface area contributed by atoms with Crippen LogP contribution in [-0.2, 0) is 0 Å². The van der Waals surface area contributed by atoms with Crippen LogP contribution >= 0.6 is 11.3 Å². The zero-order valence-electron chi connectivity index (χ0n) is 35.0. The molecule has 8 aromatic carbocycles. The summed E-state index contributed by atoms with van der Waals surface area (Å²) < 4.78 is 8.98. The molecule has 7 heteroatoms. The molecule has 0 aliphatic carbocycles. The average Bonchev–Trinajstić information content (AvgIpc) is 4.08. The van der Waals surface area contributed by atoms with E-state index in [4.69, 9.17) is 0 Å². The molecule has 0 unspecified atom stereocenters. The molecule has 0 aliphatic heterocycles. The Bertz CT molecular complexity index is 4260. The zero-order valence-corrected chi connectivity index (χ0v) is 35.9. The van der Waals surface area contributed by atoms with Gasteiger partial charge in [0.15, 0.2) is 0 Å². The molecule has 65 heavy (non-hydrogen) atoms. The summed E-state index contributed by atoms with van der Waals surface area (Å²) in [5.74, 6) is 0. The summed E-state index contributed by atoms with van der Waals surface area (Å²) in [6, 6.07) is 59.2. The topological polar surface area (TPSA) is 86.2 Å². The second-order valence-electron chi connectivity index (χ2n) is 16.1. The minimum atomic E-state index is 0.330.